The summed E-state index contributed by atoms with van der Waals surface area (Å²) in [4.78, 5) is 0. The van der Waals surface area contributed by atoms with Gasteiger partial charge in [-0.05, 0) is 136 Å². The zero-order chi connectivity index (χ0) is 30.7. The van der Waals surface area contributed by atoms with Gasteiger partial charge in [0.1, 0.15) is 11.2 Å². The van der Waals surface area contributed by atoms with Crippen LogP contribution in [0.1, 0.15) is 43.2 Å². The summed E-state index contributed by atoms with van der Waals surface area (Å²) in [5, 5.41) is 2.44. The highest BCUT2D eigenvalue weighted by Crippen LogP contribution is 2.69. The molecule has 6 aromatic carbocycles. The number of benzene rings is 6. The average molecular weight is 605 g/mol. The summed E-state index contributed by atoms with van der Waals surface area (Å²) in [6, 6.07) is 49.6. The van der Waals surface area contributed by atoms with Crippen LogP contribution in [-0.2, 0) is 5.41 Å². The van der Waals surface area contributed by atoms with Gasteiger partial charge in [-0.1, -0.05) is 103 Å². The van der Waals surface area contributed by atoms with Gasteiger partial charge in [0.25, 0.3) is 0 Å². The predicted octanol–water partition coefficient (Wildman–Crippen LogP) is 12.3. The summed E-state index contributed by atoms with van der Waals surface area (Å²) in [6.45, 7) is 0. The highest BCUT2D eigenvalue weighted by Gasteiger charge is 2.61. The lowest BCUT2D eigenvalue weighted by Crippen LogP contribution is -2.55. The van der Waals surface area contributed by atoms with Gasteiger partial charge in [-0.3, -0.25) is 0 Å². The first-order valence-corrected chi connectivity index (χ1v) is 17.6. The van der Waals surface area contributed by atoms with Crippen molar-refractivity contribution in [3.8, 4) is 44.5 Å². The fourth-order valence-corrected chi connectivity index (χ4v) is 11.0. The Labute approximate surface area is 275 Å². The molecule has 226 valence electrons. The number of fused-ring (bicyclic) bond motifs is 6. The molecule has 1 aromatic heterocycles. The summed E-state index contributed by atoms with van der Waals surface area (Å²) in [7, 11) is 0. The molecule has 0 N–H and O–H groups in total. The summed E-state index contributed by atoms with van der Waals surface area (Å²) in [5.74, 6) is 3.36. The van der Waals surface area contributed by atoms with Crippen LogP contribution in [0.5, 0.6) is 0 Å². The van der Waals surface area contributed by atoms with Crippen LogP contribution in [0.25, 0.3) is 66.4 Å². The van der Waals surface area contributed by atoms with E-state index in [9.17, 15) is 0 Å². The van der Waals surface area contributed by atoms with Crippen LogP contribution in [0.15, 0.2) is 138 Å². The zero-order valence-electron chi connectivity index (χ0n) is 26.5. The van der Waals surface area contributed by atoms with E-state index in [1.165, 1.54) is 81.8 Å². The van der Waals surface area contributed by atoms with Crippen LogP contribution < -0.4 is 0 Å². The number of rotatable bonds is 3. The molecule has 4 bridgehead atoms. The third-order valence-electron chi connectivity index (χ3n) is 12.6. The second-order valence-corrected chi connectivity index (χ2v) is 14.9. The van der Waals surface area contributed by atoms with E-state index in [4.69, 9.17) is 4.42 Å². The maximum absolute atomic E-state index is 7.04. The molecule has 7 aromatic rings. The molecular weight excluding hydrogens is 569 g/mol. The molecule has 5 aliphatic carbocycles. The summed E-state index contributed by atoms with van der Waals surface area (Å²) >= 11 is 0. The van der Waals surface area contributed by atoms with Crippen LogP contribution in [0, 0.1) is 23.7 Å². The lowest BCUT2D eigenvalue weighted by atomic mass is 9.43. The smallest absolute Gasteiger partial charge is 0.143 e. The average Bonchev–Trinajstić information content (AvgIpc) is 3.63. The van der Waals surface area contributed by atoms with Crippen molar-refractivity contribution in [2.24, 2.45) is 23.7 Å². The molecule has 0 atom stereocenters. The zero-order valence-corrected chi connectivity index (χ0v) is 26.5. The molecule has 4 fully saturated rings. The van der Waals surface area contributed by atoms with Crippen molar-refractivity contribution < 1.29 is 4.42 Å². The molecule has 12 rings (SSSR count). The van der Waals surface area contributed by atoms with E-state index in [1.54, 1.807) is 11.1 Å². The fraction of sp³-hybridized carbons (Fsp3) is 0.217. The molecule has 0 radical (unpaired) electrons. The second kappa shape index (κ2) is 9.58. The van der Waals surface area contributed by atoms with Crippen LogP contribution in [-0.4, -0.2) is 0 Å². The van der Waals surface area contributed by atoms with Crippen LogP contribution in [0.2, 0.25) is 0 Å². The monoisotopic (exact) mass is 604 g/mol. The van der Waals surface area contributed by atoms with E-state index in [0.29, 0.717) is 0 Å². The third-order valence-corrected chi connectivity index (χ3v) is 12.6. The molecule has 0 aliphatic heterocycles. The first-order valence-electron chi connectivity index (χ1n) is 17.6. The van der Waals surface area contributed by atoms with E-state index >= 15 is 0 Å². The molecule has 1 nitrogen and oxygen atoms in total. The Morgan fingerprint density at radius 3 is 1.70 bits per heavy atom. The number of hydrogen-bond donors (Lipinski definition) is 0. The third kappa shape index (κ3) is 3.61. The first kappa shape index (κ1) is 26.2. The molecule has 0 amide bonds. The van der Waals surface area contributed by atoms with Gasteiger partial charge in [0.05, 0.1) is 0 Å². The minimum absolute atomic E-state index is 0.143. The molecule has 1 heteroatoms. The highest BCUT2D eigenvalue weighted by atomic mass is 16.3. The van der Waals surface area contributed by atoms with Gasteiger partial charge in [-0.15, -0.1) is 0 Å². The summed E-state index contributed by atoms with van der Waals surface area (Å²) in [6.07, 6.45) is 7.05. The van der Waals surface area contributed by atoms with Crippen LogP contribution in [0.4, 0.5) is 0 Å². The standard InChI is InChI=1S/C46H36O/c1-3-10-30(11-4-1)32-23-33(31-12-5-2-6-13-31)25-34(24-32)37-15-9-16-39-41-26-40-38-14-7-8-17-42(38)46(43(40)27-44(41)47-45(37)39)35-19-28-18-29(21-35)22-36(46)20-28/h1-17,23-29,35-36H,18-22H2. The van der Waals surface area contributed by atoms with E-state index in [-0.39, 0.29) is 5.41 Å². The van der Waals surface area contributed by atoms with Gasteiger partial charge < -0.3 is 4.42 Å². The van der Waals surface area contributed by atoms with Gasteiger partial charge in [-0.25, -0.2) is 0 Å². The number of furan rings is 1. The second-order valence-electron chi connectivity index (χ2n) is 14.9. The van der Waals surface area contributed by atoms with Gasteiger partial charge >= 0.3 is 0 Å². The van der Waals surface area contributed by atoms with E-state index in [2.05, 4.69) is 133 Å². The normalized spacial score (nSPS) is 25.1. The van der Waals surface area contributed by atoms with Crippen molar-refractivity contribution in [3.63, 3.8) is 0 Å². The van der Waals surface area contributed by atoms with Crippen molar-refractivity contribution in [1.82, 2.24) is 0 Å². The molecule has 0 saturated heterocycles. The van der Waals surface area contributed by atoms with Gasteiger partial charge in [0, 0.05) is 21.8 Å². The largest absolute Gasteiger partial charge is 0.455 e. The SMILES string of the molecule is c1ccc(-c2cc(-c3ccccc3)cc(-c3cccc4c3oc3cc5c(cc34)-c3ccccc3C53C4CC5CC(C4)CC3C5)c2)cc1. The van der Waals surface area contributed by atoms with Crippen molar-refractivity contribution in [2.45, 2.75) is 37.5 Å². The minimum Gasteiger partial charge on any atom is -0.455 e. The summed E-state index contributed by atoms with van der Waals surface area (Å²) < 4.78 is 7.04. The molecular formula is C46H36O. The lowest BCUT2D eigenvalue weighted by molar-refractivity contribution is -0.0399. The Kier molecular flexibility index (Phi) is 5.34. The molecule has 47 heavy (non-hydrogen) atoms. The maximum atomic E-state index is 7.04. The lowest BCUT2D eigenvalue weighted by Gasteiger charge is -2.61. The Balaban J connectivity index is 1.14. The Morgan fingerprint density at radius 2 is 1.02 bits per heavy atom. The van der Waals surface area contributed by atoms with Crippen LogP contribution >= 0.6 is 0 Å². The topological polar surface area (TPSA) is 13.1 Å². The Hall–Kier alpha value is -4.88. The summed E-state index contributed by atoms with van der Waals surface area (Å²) in [5.41, 5.74) is 15.5. The fourth-order valence-electron chi connectivity index (χ4n) is 11.0. The van der Waals surface area contributed by atoms with Gasteiger partial charge in [0.15, 0.2) is 0 Å². The Bertz CT molecular complexity index is 2270. The van der Waals surface area contributed by atoms with E-state index < -0.39 is 0 Å². The van der Waals surface area contributed by atoms with Crippen molar-refractivity contribution in [2.75, 3.05) is 0 Å². The van der Waals surface area contributed by atoms with Gasteiger partial charge in [0.2, 0.25) is 0 Å². The van der Waals surface area contributed by atoms with Crippen molar-refractivity contribution in [3.05, 3.63) is 145 Å². The molecule has 5 aliphatic rings. The molecule has 0 unspecified atom stereocenters. The maximum Gasteiger partial charge on any atom is 0.143 e. The van der Waals surface area contributed by atoms with E-state index in [1.807, 2.05) is 0 Å². The van der Waals surface area contributed by atoms with E-state index in [0.717, 1.165) is 40.4 Å². The molecule has 4 saturated carbocycles. The minimum atomic E-state index is 0.143. The first-order chi connectivity index (χ1) is 23.2. The van der Waals surface area contributed by atoms with Crippen molar-refractivity contribution >= 4 is 21.9 Å². The number of para-hydroxylation sites is 1. The van der Waals surface area contributed by atoms with Crippen molar-refractivity contribution in [1.29, 1.82) is 0 Å². The van der Waals surface area contributed by atoms with Crippen LogP contribution in [0.3, 0.4) is 0 Å². The predicted molar refractivity (Wildman–Crippen MR) is 193 cm³/mol. The highest BCUT2D eigenvalue weighted by molar-refractivity contribution is 6.12. The number of hydrogen-bond acceptors (Lipinski definition) is 1. The van der Waals surface area contributed by atoms with Gasteiger partial charge in [-0.2, -0.15) is 0 Å². The Morgan fingerprint density at radius 1 is 0.426 bits per heavy atom. The molecule has 1 spiro atoms. The molecule has 1 heterocycles. The quantitative estimate of drug-likeness (QED) is 0.196.